The Labute approximate surface area is 201 Å². The van der Waals surface area contributed by atoms with Crippen LogP contribution < -0.4 is 0 Å². The molecule has 33 heavy (non-hydrogen) atoms. The number of thioether (sulfide) groups is 1. The Bertz CT molecular complexity index is 1250. The molecule has 1 aliphatic rings. The lowest BCUT2D eigenvalue weighted by Gasteiger charge is -2.27. The second kappa shape index (κ2) is 9.91. The number of amides is 1. The summed E-state index contributed by atoms with van der Waals surface area (Å²) in [6, 6.07) is 20.2. The van der Waals surface area contributed by atoms with Gasteiger partial charge in [-0.05, 0) is 41.6 Å². The number of hydrogen-bond donors (Lipinski definition) is 0. The zero-order valence-corrected chi connectivity index (χ0v) is 19.9. The van der Waals surface area contributed by atoms with Crippen LogP contribution in [-0.2, 0) is 10.5 Å². The number of para-hydroxylation sites is 1. The Morgan fingerprint density at radius 2 is 1.82 bits per heavy atom. The van der Waals surface area contributed by atoms with Crippen LogP contribution in [-0.4, -0.2) is 51.9 Å². The van der Waals surface area contributed by atoms with E-state index in [-0.39, 0.29) is 5.91 Å². The van der Waals surface area contributed by atoms with Crippen molar-refractivity contribution in [1.29, 1.82) is 0 Å². The van der Waals surface area contributed by atoms with Crippen LogP contribution in [0, 0.1) is 6.92 Å². The minimum absolute atomic E-state index is 0.0640. The molecular weight excluding hydrogens is 452 g/mol. The summed E-state index contributed by atoms with van der Waals surface area (Å²) in [5.41, 5.74) is 3.95. The first-order chi connectivity index (χ1) is 16.2. The summed E-state index contributed by atoms with van der Waals surface area (Å²) in [5, 5.41) is 11.9. The van der Waals surface area contributed by atoms with Crippen molar-refractivity contribution >= 4 is 29.0 Å². The number of rotatable bonds is 6. The summed E-state index contributed by atoms with van der Waals surface area (Å²) >= 11 is 3.25. The Balaban J connectivity index is 1.46. The van der Waals surface area contributed by atoms with E-state index in [1.807, 2.05) is 52.7 Å². The molecule has 1 amide bonds. The van der Waals surface area contributed by atoms with E-state index in [1.54, 1.807) is 23.1 Å². The number of carbonyl (C=O) groups is 1. The molecule has 0 saturated carbocycles. The number of aromatic nitrogens is 3. The zero-order chi connectivity index (χ0) is 22.6. The quantitative estimate of drug-likeness (QED) is 0.364. The highest BCUT2D eigenvalue weighted by Gasteiger charge is 2.22. The molecule has 8 heteroatoms. The van der Waals surface area contributed by atoms with Gasteiger partial charge in [-0.2, -0.15) is 0 Å². The summed E-state index contributed by atoms with van der Waals surface area (Å²) in [7, 11) is 0. The molecule has 6 nitrogen and oxygen atoms in total. The summed E-state index contributed by atoms with van der Waals surface area (Å²) < 4.78 is 7.53. The van der Waals surface area contributed by atoms with Gasteiger partial charge >= 0.3 is 0 Å². The standard InChI is InChI=1S/C25H24N4O2S2/c1-18-7-2-5-10-21(18)29-23(22-11-6-16-32-22)26-27-25(29)33-17-19-8-3-4-9-20(19)24(30)28-12-14-31-15-13-28/h2-11,16H,12-15,17H2,1H3. The van der Waals surface area contributed by atoms with Crippen LogP contribution in [0.1, 0.15) is 21.5 Å². The van der Waals surface area contributed by atoms with Gasteiger partial charge < -0.3 is 9.64 Å². The topological polar surface area (TPSA) is 60.2 Å². The first kappa shape index (κ1) is 21.9. The molecule has 0 unspecified atom stereocenters. The van der Waals surface area contributed by atoms with Gasteiger partial charge in [-0.3, -0.25) is 9.36 Å². The first-order valence-corrected chi connectivity index (χ1v) is 12.7. The van der Waals surface area contributed by atoms with Gasteiger partial charge in [0.1, 0.15) is 0 Å². The van der Waals surface area contributed by atoms with Crippen LogP contribution in [0.4, 0.5) is 0 Å². The third kappa shape index (κ3) is 4.59. The molecule has 5 rings (SSSR count). The van der Waals surface area contributed by atoms with Crippen LogP contribution in [0.5, 0.6) is 0 Å². The van der Waals surface area contributed by atoms with Crippen LogP contribution in [0.25, 0.3) is 16.4 Å². The molecule has 168 valence electrons. The molecule has 0 atom stereocenters. The summed E-state index contributed by atoms with van der Waals surface area (Å²) in [5.74, 6) is 1.52. The van der Waals surface area contributed by atoms with E-state index in [1.165, 1.54) is 0 Å². The van der Waals surface area contributed by atoms with E-state index in [0.29, 0.717) is 32.1 Å². The average molecular weight is 477 g/mol. The number of thiophene rings is 1. The fourth-order valence-corrected chi connectivity index (χ4v) is 5.54. The van der Waals surface area contributed by atoms with Gasteiger partial charge in [0.15, 0.2) is 11.0 Å². The maximum Gasteiger partial charge on any atom is 0.254 e. The van der Waals surface area contributed by atoms with Gasteiger partial charge in [-0.15, -0.1) is 21.5 Å². The number of nitrogens with zero attached hydrogens (tertiary/aromatic N) is 4. The molecule has 1 aliphatic heterocycles. The van der Waals surface area contributed by atoms with Crippen molar-refractivity contribution in [3.8, 4) is 16.4 Å². The summed E-state index contributed by atoms with van der Waals surface area (Å²) in [6.07, 6.45) is 0. The largest absolute Gasteiger partial charge is 0.378 e. The number of hydrogen-bond acceptors (Lipinski definition) is 6. The number of ether oxygens (including phenoxy) is 1. The SMILES string of the molecule is Cc1ccccc1-n1c(SCc2ccccc2C(=O)N2CCOCC2)nnc1-c1cccs1. The van der Waals surface area contributed by atoms with Crippen molar-refractivity contribution in [2.45, 2.75) is 17.8 Å². The fraction of sp³-hybridized carbons (Fsp3) is 0.240. The van der Waals surface area contributed by atoms with Crippen molar-refractivity contribution < 1.29 is 9.53 Å². The van der Waals surface area contributed by atoms with Crippen LogP contribution in [0.15, 0.2) is 71.2 Å². The third-order valence-corrected chi connectivity index (χ3v) is 7.48. The lowest BCUT2D eigenvalue weighted by Crippen LogP contribution is -2.41. The second-order valence-corrected chi connectivity index (χ2v) is 9.65. The number of carbonyl (C=O) groups excluding carboxylic acids is 1. The van der Waals surface area contributed by atoms with E-state index in [9.17, 15) is 4.79 Å². The number of aryl methyl sites for hydroxylation is 1. The van der Waals surface area contributed by atoms with Crippen LogP contribution in [0.2, 0.25) is 0 Å². The van der Waals surface area contributed by atoms with E-state index in [0.717, 1.165) is 38.2 Å². The van der Waals surface area contributed by atoms with Crippen LogP contribution >= 0.6 is 23.1 Å². The van der Waals surface area contributed by atoms with Gasteiger partial charge in [-0.25, -0.2) is 0 Å². The monoisotopic (exact) mass is 476 g/mol. The minimum atomic E-state index is 0.0640. The second-order valence-electron chi connectivity index (χ2n) is 7.76. The molecule has 2 aromatic heterocycles. The van der Waals surface area contributed by atoms with Gasteiger partial charge in [0, 0.05) is 24.4 Å². The molecule has 0 aliphatic carbocycles. The van der Waals surface area contributed by atoms with Gasteiger partial charge in [0.05, 0.1) is 23.8 Å². The molecule has 0 bridgehead atoms. The van der Waals surface area contributed by atoms with Crippen molar-refractivity contribution in [3.05, 3.63) is 82.7 Å². The molecule has 1 saturated heterocycles. The highest BCUT2D eigenvalue weighted by atomic mass is 32.2. The molecule has 3 heterocycles. The Kier molecular flexibility index (Phi) is 6.57. The lowest BCUT2D eigenvalue weighted by atomic mass is 10.1. The Morgan fingerprint density at radius 1 is 1.03 bits per heavy atom. The molecule has 0 radical (unpaired) electrons. The molecule has 0 spiro atoms. The number of morpholine rings is 1. The van der Waals surface area contributed by atoms with E-state index in [4.69, 9.17) is 4.74 Å². The number of benzene rings is 2. The molecule has 1 fully saturated rings. The normalized spacial score (nSPS) is 13.9. The average Bonchev–Trinajstić information content (AvgIpc) is 3.53. The zero-order valence-electron chi connectivity index (χ0n) is 18.3. The van der Waals surface area contributed by atoms with Crippen molar-refractivity contribution in [1.82, 2.24) is 19.7 Å². The Morgan fingerprint density at radius 3 is 2.61 bits per heavy atom. The molecule has 4 aromatic rings. The summed E-state index contributed by atoms with van der Waals surface area (Å²) in [6.45, 7) is 4.54. The first-order valence-electron chi connectivity index (χ1n) is 10.9. The fourth-order valence-electron chi connectivity index (χ4n) is 3.89. The summed E-state index contributed by atoms with van der Waals surface area (Å²) in [4.78, 5) is 16.1. The minimum Gasteiger partial charge on any atom is -0.378 e. The van der Waals surface area contributed by atoms with E-state index in [2.05, 4.69) is 39.9 Å². The van der Waals surface area contributed by atoms with Gasteiger partial charge in [0.25, 0.3) is 5.91 Å². The lowest BCUT2D eigenvalue weighted by molar-refractivity contribution is 0.0302. The molecule has 0 N–H and O–H groups in total. The van der Waals surface area contributed by atoms with Gasteiger partial charge in [0.2, 0.25) is 0 Å². The third-order valence-electron chi connectivity index (χ3n) is 5.63. The van der Waals surface area contributed by atoms with Crippen molar-refractivity contribution in [2.75, 3.05) is 26.3 Å². The smallest absolute Gasteiger partial charge is 0.254 e. The Hall–Kier alpha value is -2.94. The predicted molar refractivity (Wildman–Crippen MR) is 132 cm³/mol. The highest BCUT2D eigenvalue weighted by molar-refractivity contribution is 7.98. The van der Waals surface area contributed by atoms with Gasteiger partial charge in [-0.1, -0.05) is 54.2 Å². The highest BCUT2D eigenvalue weighted by Crippen LogP contribution is 2.33. The van der Waals surface area contributed by atoms with Crippen LogP contribution in [0.3, 0.4) is 0 Å². The van der Waals surface area contributed by atoms with E-state index >= 15 is 0 Å². The molecular formula is C25H24N4O2S2. The molecule has 2 aromatic carbocycles. The van der Waals surface area contributed by atoms with Crippen molar-refractivity contribution in [2.24, 2.45) is 0 Å². The van der Waals surface area contributed by atoms with E-state index < -0.39 is 0 Å². The maximum atomic E-state index is 13.2. The van der Waals surface area contributed by atoms with Crippen molar-refractivity contribution in [3.63, 3.8) is 0 Å². The predicted octanol–water partition coefficient (Wildman–Crippen LogP) is 5.07. The maximum absolute atomic E-state index is 13.2.